The molecule has 3 aromatic carbocycles. The van der Waals surface area contributed by atoms with Crippen molar-refractivity contribution < 1.29 is 22.7 Å². The van der Waals surface area contributed by atoms with E-state index >= 15 is 0 Å². The molecule has 0 saturated heterocycles. The number of carbonyl (C=O) groups is 1. The van der Waals surface area contributed by atoms with Gasteiger partial charge in [0, 0.05) is 0 Å². The molecular formula is C26H28N2O5S. The Hall–Kier alpha value is -3.52. The summed E-state index contributed by atoms with van der Waals surface area (Å²) in [6.07, 6.45) is 3.75. The summed E-state index contributed by atoms with van der Waals surface area (Å²) in [5, 5.41) is 3.02. The number of amides is 1. The van der Waals surface area contributed by atoms with Gasteiger partial charge < -0.3 is 14.8 Å². The molecule has 34 heavy (non-hydrogen) atoms. The number of rotatable bonds is 8. The number of anilines is 1. The number of methoxy groups -OCH3 is 1. The highest BCUT2D eigenvalue weighted by molar-refractivity contribution is 7.92. The highest BCUT2D eigenvalue weighted by atomic mass is 32.2. The van der Waals surface area contributed by atoms with Gasteiger partial charge in [-0.3, -0.25) is 9.10 Å². The van der Waals surface area contributed by atoms with Crippen LogP contribution in [0.2, 0.25) is 0 Å². The number of nitrogens with one attached hydrogen (secondary N) is 1. The summed E-state index contributed by atoms with van der Waals surface area (Å²) in [7, 11) is -2.05. The Morgan fingerprint density at radius 2 is 1.68 bits per heavy atom. The SMILES string of the molecule is COc1ccc2c(c1)CCCC2NC(=O)CN(c1ccc(Oc2ccccc2)cc1)S(C)(=O)=O. The molecule has 8 heteroatoms. The summed E-state index contributed by atoms with van der Waals surface area (Å²) in [5.41, 5.74) is 2.59. The van der Waals surface area contributed by atoms with E-state index in [1.54, 1.807) is 31.4 Å². The smallest absolute Gasteiger partial charge is 0.241 e. The third-order valence-corrected chi connectivity index (χ3v) is 6.93. The van der Waals surface area contributed by atoms with E-state index in [4.69, 9.17) is 9.47 Å². The number of aryl methyl sites for hydroxylation is 1. The zero-order valence-electron chi connectivity index (χ0n) is 19.2. The van der Waals surface area contributed by atoms with Crippen molar-refractivity contribution in [3.8, 4) is 17.2 Å². The van der Waals surface area contributed by atoms with E-state index in [0.717, 1.165) is 46.7 Å². The summed E-state index contributed by atoms with van der Waals surface area (Å²) < 4.78 is 37.2. The van der Waals surface area contributed by atoms with Crippen LogP contribution in [-0.2, 0) is 21.2 Å². The molecular weight excluding hydrogens is 452 g/mol. The predicted molar refractivity (Wildman–Crippen MR) is 132 cm³/mol. The monoisotopic (exact) mass is 480 g/mol. The molecule has 1 aliphatic carbocycles. The highest BCUT2D eigenvalue weighted by Crippen LogP contribution is 2.32. The average molecular weight is 481 g/mol. The first-order valence-electron chi connectivity index (χ1n) is 11.1. The van der Waals surface area contributed by atoms with Crippen LogP contribution in [0.25, 0.3) is 0 Å². The topological polar surface area (TPSA) is 84.9 Å². The molecule has 0 saturated carbocycles. The second-order valence-corrected chi connectivity index (χ2v) is 10.2. The normalized spacial score (nSPS) is 15.2. The van der Waals surface area contributed by atoms with Gasteiger partial charge in [0.2, 0.25) is 15.9 Å². The number of sulfonamides is 1. The number of para-hydroxylation sites is 1. The molecule has 1 amide bonds. The van der Waals surface area contributed by atoms with Crippen molar-refractivity contribution in [1.82, 2.24) is 5.32 Å². The average Bonchev–Trinajstić information content (AvgIpc) is 2.83. The number of nitrogens with zero attached hydrogens (tertiary/aromatic N) is 1. The van der Waals surface area contributed by atoms with Crippen molar-refractivity contribution in [1.29, 1.82) is 0 Å². The van der Waals surface area contributed by atoms with Crippen LogP contribution in [0.4, 0.5) is 5.69 Å². The molecule has 0 aromatic heterocycles. The number of carbonyl (C=O) groups excluding carboxylic acids is 1. The van der Waals surface area contributed by atoms with E-state index < -0.39 is 10.0 Å². The molecule has 1 atom stereocenters. The molecule has 0 bridgehead atoms. The number of hydrogen-bond donors (Lipinski definition) is 1. The zero-order valence-corrected chi connectivity index (χ0v) is 20.0. The molecule has 1 unspecified atom stereocenters. The molecule has 0 spiro atoms. The summed E-state index contributed by atoms with van der Waals surface area (Å²) in [6.45, 7) is -0.306. The lowest BCUT2D eigenvalue weighted by molar-refractivity contribution is -0.120. The Morgan fingerprint density at radius 3 is 2.35 bits per heavy atom. The van der Waals surface area contributed by atoms with E-state index in [2.05, 4.69) is 5.32 Å². The first-order valence-corrected chi connectivity index (χ1v) is 12.9. The zero-order chi connectivity index (χ0) is 24.1. The first kappa shape index (κ1) is 23.6. The maximum Gasteiger partial charge on any atom is 0.241 e. The van der Waals surface area contributed by atoms with Gasteiger partial charge in [0.15, 0.2) is 0 Å². The van der Waals surface area contributed by atoms with Crippen molar-refractivity contribution in [2.75, 3.05) is 24.2 Å². The maximum atomic E-state index is 12.9. The minimum Gasteiger partial charge on any atom is -0.497 e. The van der Waals surface area contributed by atoms with Crippen LogP contribution >= 0.6 is 0 Å². The minimum atomic E-state index is -3.68. The standard InChI is InChI=1S/C26H28N2O5S/c1-32-23-15-16-24-19(17-23)7-6-10-25(24)27-26(29)18-28(34(2,30)31)20-11-13-22(14-12-20)33-21-8-4-3-5-9-21/h3-5,8-9,11-17,25H,6-7,10,18H2,1-2H3,(H,27,29). The molecule has 4 rings (SSSR count). The Kier molecular flexibility index (Phi) is 7.07. The van der Waals surface area contributed by atoms with E-state index in [1.165, 1.54) is 0 Å². The predicted octanol–water partition coefficient (Wildman–Crippen LogP) is 4.45. The Balaban J connectivity index is 1.47. The lowest BCUT2D eigenvalue weighted by Crippen LogP contribution is -2.42. The fourth-order valence-electron chi connectivity index (χ4n) is 4.14. The van der Waals surface area contributed by atoms with Gasteiger partial charge >= 0.3 is 0 Å². The van der Waals surface area contributed by atoms with Gasteiger partial charge in [-0.25, -0.2) is 8.42 Å². The largest absolute Gasteiger partial charge is 0.497 e. The van der Waals surface area contributed by atoms with E-state index in [0.29, 0.717) is 17.2 Å². The summed E-state index contributed by atoms with van der Waals surface area (Å²) in [4.78, 5) is 12.9. The second kappa shape index (κ2) is 10.2. The van der Waals surface area contributed by atoms with Crippen LogP contribution in [0, 0.1) is 0 Å². The van der Waals surface area contributed by atoms with Gasteiger partial charge in [-0.2, -0.15) is 0 Å². The van der Waals surface area contributed by atoms with Gasteiger partial charge in [0.1, 0.15) is 23.8 Å². The molecule has 7 nitrogen and oxygen atoms in total. The molecule has 0 heterocycles. The lowest BCUT2D eigenvalue weighted by atomic mass is 9.87. The fraction of sp³-hybridized carbons (Fsp3) is 0.269. The van der Waals surface area contributed by atoms with Gasteiger partial charge in [0.05, 0.1) is 25.1 Å². The Bertz CT molecular complexity index is 1240. The molecule has 3 aromatic rings. The third-order valence-electron chi connectivity index (χ3n) is 5.79. The van der Waals surface area contributed by atoms with Crippen LogP contribution < -0.4 is 19.1 Å². The molecule has 178 valence electrons. The first-order chi connectivity index (χ1) is 16.3. The molecule has 0 aliphatic heterocycles. The Morgan fingerprint density at radius 1 is 1.00 bits per heavy atom. The third kappa shape index (κ3) is 5.69. The van der Waals surface area contributed by atoms with Crippen molar-refractivity contribution in [3.63, 3.8) is 0 Å². The van der Waals surface area contributed by atoms with E-state index in [9.17, 15) is 13.2 Å². The lowest BCUT2D eigenvalue weighted by Gasteiger charge is -2.28. The van der Waals surface area contributed by atoms with Crippen LogP contribution in [0.15, 0.2) is 72.8 Å². The van der Waals surface area contributed by atoms with Crippen LogP contribution in [0.3, 0.4) is 0 Å². The van der Waals surface area contributed by atoms with Crippen molar-refractivity contribution >= 4 is 21.6 Å². The van der Waals surface area contributed by atoms with E-state index in [1.807, 2.05) is 48.5 Å². The van der Waals surface area contributed by atoms with Crippen LogP contribution in [0.1, 0.15) is 30.0 Å². The quantitative estimate of drug-likeness (QED) is 0.515. The van der Waals surface area contributed by atoms with E-state index in [-0.39, 0.29) is 18.5 Å². The number of benzene rings is 3. The van der Waals surface area contributed by atoms with Crippen molar-refractivity contribution in [3.05, 3.63) is 83.9 Å². The molecule has 0 fully saturated rings. The van der Waals surface area contributed by atoms with Crippen molar-refractivity contribution in [2.24, 2.45) is 0 Å². The second-order valence-electron chi connectivity index (χ2n) is 8.26. The summed E-state index contributed by atoms with van der Waals surface area (Å²) in [5.74, 6) is 1.68. The van der Waals surface area contributed by atoms with Gasteiger partial charge in [0.25, 0.3) is 0 Å². The number of ether oxygens (including phenoxy) is 2. The minimum absolute atomic E-state index is 0.162. The summed E-state index contributed by atoms with van der Waals surface area (Å²) in [6, 6.07) is 21.6. The summed E-state index contributed by atoms with van der Waals surface area (Å²) >= 11 is 0. The molecule has 1 aliphatic rings. The van der Waals surface area contributed by atoms with Crippen LogP contribution in [0.5, 0.6) is 17.2 Å². The fourth-order valence-corrected chi connectivity index (χ4v) is 5.00. The van der Waals surface area contributed by atoms with Crippen molar-refractivity contribution in [2.45, 2.75) is 25.3 Å². The van der Waals surface area contributed by atoms with Crippen LogP contribution in [-0.4, -0.2) is 34.2 Å². The van der Waals surface area contributed by atoms with Gasteiger partial charge in [-0.05, 0) is 78.9 Å². The molecule has 0 radical (unpaired) electrons. The number of hydrogen-bond acceptors (Lipinski definition) is 5. The number of fused-ring (bicyclic) bond motifs is 1. The van der Waals surface area contributed by atoms with Gasteiger partial charge in [-0.15, -0.1) is 0 Å². The highest BCUT2D eigenvalue weighted by Gasteiger charge is 2.26. The Labute approximate surface area is 200 Å². The van der Waals surface area contributed by atoms with Gasteiger partial charge in [-0.1, -0.05) is 24.3 Å². The molecule has 1 N–H and O–H groups in total. The maximum absolute atomic E-state index is 12.9.